The normalized spacial score (nSPS) is 48.9. The lowest BCUT2D eigenvalue weighted by atomic mass is 9.64. The molecule has 3 unspecified atom stereocenters. The Kier molecular flexibility index (Phi) is 1.45. The third kappa shape index (κ3) is 0.761. The Morgan fingerprint density at radius 3 is 2.93 bits per heavy atom. The van der Waals surface area contributed by atoms with Gasteiger partial charge in [0.2, 0.25) is 0 Å². The van der Waals surface area contributed by atoms with E-state index in [0.29, 0.717) is 18.6 Å². The molecule has 0 aromatic rings. The molecule has 3 aliphatic rings. The van der Waals surface area contributed by atoms with Gasteiger partial charge in [-0.05, 0) is 26.7 Å². The summed E-state index contributed by atoms with van der Waals surface area (Å²) in [7, 11) is 0. The third-order valence-electron chi connectivity index (χ3n) is 4.29. The summed E-state index contributed by atoms with van der Waals surface area (Å²) in [6.07, 6.45) is 3.80. The minimum atomic E-state index is -0.443. The number of ether oxygens (including phenoxy) is 2. The number of carbonyl (C=O) groups excluding carboxylic acids is 1. The van der Waals surface area contributed by atoms with Crippen LogP contribution < -0.4 is 0 Å². The first kappa shape index (κ1) is 8.72. The van der Waals surface area contributed by atoms with E-state index < -0.39 is 5.41 Å². The molecular formula is C11H16O3. The zero-order valence-corrected chi connectivity index (χ0v) is 8.71. The van der Waals surface area contributed by atoms with E-state index in [1.807, 2.05) is 13.8 Å². The van der Waals surface area contributed by atoms with Crippen LogP contribution in [0.5, 0.6) is 0 Å². The van der Waals surface area contributed by atoms with E-state index in [2.05, 4.69) is 0 Å². The van der Waals surface area contributed by atoms with Crippen molar-refractivity contribution in [2.24, 2.45) is 11.3 Å². The number of epoxide rings is 1. The molecule has 1 aliphatic carbocycles. The van der Waals surface area contributed by atoms with Crippen molar-refractivity contribution in [1.29, 1.82) is 0 Å². The molecule has 3 atom stereocenters. The summed E-state index contributed by atoms with van der Waals surface area (Å²) in [5.41, 5.74) is -0.610. The summed E-state index contributed by atoms with van der Waals surface area (Å²) >= 11 is 0. The average molecular weight is 196 g/mol. The summed E-state index contributed by atoms with van der Waals surface area (Å²) in [5.74, 6) is 0.354. The second-order valence-electron chi connectivity index (χ2n) is 5.25. The second-order valence-corrected chi connectivity index (χ2v) is 5.25. The Labute approximate surface area is 83.8 Å². The van der Waals surface area contributed by atoms with E-state index in [-0.39, 0.29) is 11.6 Å². The molecule has 0 aromatic heterocycles. The predicted molar refractivity (Wildman–Crippen MR) is 49.7 cm³/mol. The van der Waals surface area contributed by atoms with Crippen LogP contribution >= 0.6 is 0 Å². The molecule has 1 spiro atoms. The molecule has 2 aliphatic heterocycles. The number of cyclic esters (lactones) is 1. The second kappa shape index (κ2) is 2.32. The molecule has 0 amide bonds. The highest BCUT2D eigenvalue weighted by Crippen LogP contribution is 2.62. The number of hydrogen-bond acceptors (Lipinski definition) is 3. The summed E-state index contributed by atoms with van der Waals surface area (Å²) in [6.45, 7) is 4.50. The Morgan fingerprint density at radius 2 is 2.14 bits per heavy atom. The van der Waals surface area contributed by atoms with Gasteiger partial charge in [-0.25, -0.2) is 0 Å². The van der Waals surface area contributed by atoms with E-state index in [0.717, 1.165) is 12.8 Å². The van der Waals surface area contributed by atoms with Crippen LogP contribution in [0.1, 0.15) is 33.1 Å². The third-order valence-corrected chi connectivity index (χ3v) is 4.29. The summed E-state index contributed by atoms with van der Waals surface area (Å²) in [6, 6.07) is 0. The van der Waals surface area contributed by atoms with Crippen LogP contribution in [-0.4, -0.2) is 24.3 Å². The molecule has 0 radical (unpaired) electrons. The van der Waals surface area contributed by atoms with E-state index in [1.165, 1.54) is 6.42 Å². The van der Waals surface area contributed by atoms with Crippen LogP contribution in [0, 0.1) is 11.3 Å². The van der Waals surface area contributed by atoms with E-state index in [1.54, 1.807) is 0 Å². The van der Waals surface area contributed by atoms with Crippen LogP contribution in [0.2, 0.25) is 0 Å². The Balaban J connectivity index is 2.01. The van der Waals surface area contributed by atoms with Crippen molar-refractivity contribution in [3.05, 3.63) is 0 Å². The zero-order chi connectivity index (χ0) is 9.97. The van der Waals surface area contributed by atoms with Crippen LogP contribution in [-0.2, 0) is 14.3 Å². The van der Waals surface area contributed by atoms with Gasteiger partial charge in [-0.15, -0.1) is 0 Å². The van der Waals surface area contributed by atoms with Crippen molar-refractivity contribution in [2.75, 3.05) is 6.61 Å². The Hall–Kier alpha value is -0.570. The molecule has 2 heterocycles. The van der Waals surface area contributed by atoms with Crippen molar-refractivity contribution in [1.82, 2.24) is 0 Å². The van der Waals surface area contributed by atoms with Gasteiger partial charge < -0.3 is 9.47 Å². The maximum atomic E-state index is 11.7. The van der Waals surface area contributed by atoms with Gasteiger partial charge >= 0.3 is 5.97 Å². The fourth-order valence-corrected chi connectivity index (χ4v) is 3.38. The molecule has 3 rings (SSSR count). The maximum absolute atomic E-state index is 11.7. The fraction of sp³-hybridized carbons (Fsp3) is 0.909. The molecule has 3 fully saturated rings. The topological polar surface area (TPSA) is 38.8 Å². The molecule has 3 nitrogen and oxygen atoms in total. The van der Waals surface area contributed by atoms with Crippen LogP contribution in [0.3, 0.4) is 0 Å². The lowest BCUT2D eigenvalue weighted by Crippen LogP contribution is -2.55. The maximum Gasteiger partial charge on any atom is 0.314 e. The number of esters is 1. The number of hydrogen-bond donors (Lipinski definition) is 0. The van der Waals surface area contributed by atoms with Crippen molar-refractivity contribution < 1.29 is 14.3 Å². The van der Waals surface area contributed by atoms with Gasteiger partial charge in [0.1, 0.15) is 5.60 Å². The molecule has 0 bridgehead atoms. The summed E-state index contributed by atoms with van der Waals surface area (Å²) in [5, 5.41) is 0. The van der Waals surface area contributed by atoms with Gasteiger partial charge in [0, 0.05) is 5.92 Å². The van der Waals surface area contributed by atoms with Crippen LogP contribution in [0.25, 0.3) is 0 Å². The van der Waals surface area contributed by atoms with Gasteiger partial charge in [0.05, 0.1) is 18.1 Å². The van der Waals surface area contributed by atoms with Gasteiger partial charge in [0.15, 0.2) is 0 Å². The van der Waals surface area contributed by atoms with Gasteiger partial charge in [-0.2, -0.15) is 0 Å². The predicted octanol–water partition coefficient (Wildman–Crippen LogP) is 1.51. The van der Waals surface area contributed by atoms with Crippen LogP contribution in [0.15, 0.2) is 0 Å². The van der Waals surface area contributed by atoms with Crippen LogP contribution in [0.4, 0.5) is 0 Å². The van der Waals surface area contributed by atoms with Crippen molar-refractivity contribution in [3.63, 3.8) is 0 Å². The minimum absolute atomic E-state index is 0.0850. The quantitative estimate of drug-likeness (QED) is 0.435. The molecular weight excluding hydrogens is 180 g/mol. The van der Waals surface area contributed by atoms with Gasteiger partial charge in [0.25, 0.3) is 0 Å². The van der Waals surface area contributed by atoms with Crippen molar-refractivity contribution in [2.45, 2.75) is 44.8 Å². The molecule has 0 aromatic carbocycles. The smallest absolute Gasteiger partial charge is 0.314 e. The fourth-order valence-electron chi connectivity index (χ4n) is 3.38. The first-order valence-corrected chi connectivity index (χ1v) is 5.44. The van der Waals surface area contributed by atoms with Crippen molar-refractivity contribution >= 4 is 5.97 Å². The monoisotopic (exact) mass is 196 g/mol. The molecule has 78 valence electrons. The molecule has 14 heavy (non-hydrogen) atoms. The largest absolute Gasteiger partial charge is 0.465 e. The first-order chi connectivity index (χ1) is 6.59. The van der Waals surface area contributed by atoms with E-state index in [4.69, 9.17) is 9.47 Å². The van der Waals surface area contributed by atoms with E-state index in [9.17, 15) is 4.79 Å². The highest BCUT2D eigenvalue weighted by molar-refractivity contribution is 5.79. The lowest BCUT2D eigenvalue weighted by molar-refractivity contribution is -0.174. The summed E-state index contributed by atoms with van der Waals surface area (Å²) < 4.78 is 11.1. The van der Waals surface area contributed by atoms with Crippen molar-refractivity contribution in [3.8, 4) is 0 Å². The van der Waals surface area contributed by atoms with Gasteiger partial charge in [-0.3, -0.25) is 4.79 Å². The molecule has 3 heteroatoms. The molecule has 0 N–H and O–H groups in total. The Morgan fingerprint density at radius 1 is 1.36 bits per heavy atom. The zero-order valence-electron chi connectivity index (χ0n) is 8.71. The molecule has 2 saturated heterocycles. The minimum Gasteiger partial charge on any atom is -0.465 e. The van der Waals surface area contributed by atoms with E-state index >= 15 is 0 Å². The lowest BCUT2D eigenvalue weighted by Gasteiger charge is -2.42. The SMILES string of the molecule is CC1(C)C(=O)OCC2CCCC3OC231. The summed E-state index contributed by atoms with van der Waals surface area (Å²) in [4.78, 5) is 11.7. The average Bonchev–Trinajstić information content (AvgIpc) is 2.87. The Bertz CT molecular complexity index is 297. The highest BCUT2D eigenvalue weighted by atomic mass is 16.6. The molecule has 1 saturated carbocycles. The standard InChI is InChI=1S/C11H16O3/c1-10(2)9(12)13-6-7-4-3-5-8-11(7,10)14-8/h7-8H,3-6H2,1-2H3. The first-order valence-electron chi connectivity index (χ1n) is 5.44. The number of rotatable bonds is 0. The van der Waals surface area contributed by atoms with Gasteiger partial charge in [-0.1, -0.05) is 6.42 Å². The highest BCUT2D eigenvalue weighted by Gasteiger charge is 2.74. The number of carbonyl (C=O) groups is 1.